The minimum Gasteiger partial charge on any atom is -0.392 e. The summed E-state index contributed by atoms with van der Waals surface area (Å²) in [5.41, 5.74) is 1.45. The van der Waals surface area contributed by atoms with Crippen LogP contribution in [0.5, 0.6) is 0 Å². The minimum atomic E-state index is -3.88. The normalized spacial score (nSPS) is 11.4. The van der Waals surface area contributed by atoms with Gasteiger partial charge in [0.2, 0.25) is 0 Å². The summed E-state index contributed by atoms with van der Waals surface area (Å²) in [5.74, 6) is 0. The molecule has 5 nitrogen and oxygen atoms in total. The highest BCUT2D eigenvalue weighted by molar-refractivity contribution is 7.92. The van der Waals surface area contributed by atoms with Gasteiger partial charge in [0.15, 0.2) is 5.03 Å². The van der Waals surface area contributed by atoms with E-state index in [1.54, 1.807) is 13.0 Å². The van der Waals surface area contributed by atoms with Crippen molar-refractivity contribution in [1.29, 1.82) is 0 Å². The standard InChI is InChI=1S/C13H12Cl2N2O3S/c1-8-4-11(15)12(5-10(8)14)17-21(19,20)13-3-2-9(7-18)6-16-13/h2-6,17-18H,7H2,1H3. The van der Waals surface area contributed by atoms with Crippen molar-refractivity contribution in [3.05, 3.63) is 51.6 Å². The summed E-state index contributed by atoms with van der Waals surface area (Å²) in [4.78, 5) is 3.80. The molecule has 8 heteroatoms. The summed E-state index contributed by atoms with van der Waals surface area (Å²) < 4.78 is 26.8. The van der Waals surface area contributed by atoms with Crippen molar-refractivity contribution in [3.8, 4) is 0 Å². The molecule has 0 unspecified atom stereocenters. The number of anilines is 1. The number of sulfonamides is 1. The van der Waals surface area contributed by atoms with Crippen LogP contribution in [0.3, 0.4) is 0 Å². The maximum absolute atomic E-state index is 12.2. The summed E-state index contributed by atoms with van der Waals surface area (Å²) >= 11 is 12.0. The van der Waals surface area contributed by atoms with E-state index in [-0.39, 0.29) is 22.3 Å². The van der Waals surface area contributed by atoms with E-state index in [0.717, 1.165) is 5.56 Å². The topological polar surface area (TPSA) is 79.3 Å². The number of pyridine rings is 1. The number of aromatic nitrogens is 1. The smallest absolute Gasteiger partial charge is 0.279 e. The lowest BCUT2D eigenvalue weighted by Crippen LogP contribution is -2.15. The van der Waals surface area contributed by atoms with Gasteiger partial charge < -0.3 is 5.11 Å². The maximum Gasteiger partial charge on any atom is 0.279 e. The van der Waals surface area contributed by atoms with Crippen LogP contribution in [0.25, 0.3) is 0 Å². The van der Waals surface area contributed by atoms with Crippen LogP contribution in [0.2, 0.25) is 10.0 Å². The Bertz CT molecular complexity index is 762. The number of benzene rings is 1. The highest BCUT2D eigenvalue weighted by Crippen LogP contribution is 2.30. The van der Waals surface area contributed by atoms with Gasteiger partial charge in [0.25, 0.3) is 10.0 Å². The molecule has 2 N–H and O–H groups in total. The van der Waals surface area contributed by atoms with Crippen molar-refractivity contribution in [2.75, 3.05) is 4.72 Å². The zero-order valence-electron chi connectivity index (χ0n) is 11.0. The number of nitrogens with zero attached hydrogens (tertiary/aromatic N) is 1. The molecule has 2 aromatic rings. The monoisotopic (exact) mass is 346 g/mol. The van der Waals surface area contributed by atoms with E-state index in [1.807, 2.05) is 0 Å². The SMILES string of the molecule is Cc1cc(Cl)c(NS(=O)(=O)c2ccc(CO)cn2)cc1Cl. The molecule has 0 radical (unpaired) electrons. The van der Waals surface area contributed by atoms with E-state index in [4.69, 9.17) is 28.3 Å². The molecule has 0 saturated carbocycles. The van der Waals surface area contributed by atoms with E-state index >= 15 is 0 Å². The van der Waals surface area contributed by atoms with E-state index < -0.39 is 10.0 Å². The molecule has 112 valence electrons. The highest BCUT2D eigenvalue weighted by atomic mass is 35.5. The molecule has 1 aromatic heterocycles. The van der Waals surface area contributed by atoms with Gasteiger partial charge in [0.05, 0.1) is 17.3 Å². The second-order valence-electron chi connectivity index (χ2n) is 4.35. The first kappa shape index (κ1) is 16.0. The van der Waals surface area contributed by atoms with Crippen molar-refractivity contribution >= 4 is 38.9 Å². The number of hydrogen-bond acceptors (Lipinski definition) is 4. The number of rotatable bonds is 4. The van der Waals surface area contributed by atoms with Crippen molar-refractivity contribution < 1.29 is 13.5 Å². The molecule has 0 amide bonds. The van der Waals surface area contributed by atoms with Crippen LogP contribution in [0.4, 0.5) is 5.69 Å². The van der Waals surface area contributed by atoms with Crippen molar-refractivity contribution in [2.45, 2.75) is 18.6 Å². The molecule has 1 heterocycles. The fourth-order valence-corrected chi connectivity index (χ4v) is 3.07. The van der Waals surface area contributed by atoms with E-state index in [1.165, 1.54) is 24.4 Å². The van der Waals surface area contributed by atoms with Gasteiger partial charge in [-0.1, -0.05) is 29.3 Å². The van der Waals surface area contributed by atoms with Crippen LogP contribution < -0.4 is 4.72 Å². The number of halogens is 2. The van der Waals surface area contributed by atoms with E-state index in [9.17, 15) is 8.42 Å². The number of aliphatic hydroxyl groups is 1. The number of aliphatic hydroxyl groups excluding tert-OH is 1. The first-order chi connectivity index (χ1) is 9.83. The molecular weight excluding hydrogens is 335 g/mol. The van der Waals surface area contributed by atoms with Gasteiger partial charge in [-0.2, -0.15) is 8.42 Å². The average molecular weight is 347 g/mol. The minimum absolute atomic E-state index is 0.174. The Morgan fingerprint density at radius 1 is 1.24 bits per heavy atom. The lowest BCUT2D eigenvalue weighted by molar-refractivity contribution is 0.281. The Kier molecular flexibility index (Phi) is 4.73. The van der Waals surface area contributed by atoms with Gasteiger partial charge in [-0.05, 0) is 36.2 Å². The Hall–Kier alpha value is -1.34. The molecule has 0 aliphatic rings. The van der Waals surface area contributed by atoms with Crippen LogP contribution in [-0.2, 0) is 16.6 Å². The summed E-state index contributed by atoms with van der Waals surface area (Å²) in [7, 11) is -3.88. The zero-order valence-corrected chi connectivity index (χ0v) is 13.3. The Morgan fingerprint density at radius 2 is 1.95 bits per heavy atom. The predicted octanol–water partition coefficient (Wildman–Crippen LogP) is 2.99. The van der Waals surface area contributed by atoms with Gasteiger partial charge in [-0.25, -0.2) is 4.98 Å². The first-order valence-corrected chi connectivity index (χ1v) is 8.11. The Morgan fingerprint density at radius 3 is 2.52 bits per heavy atom. The number of hydrogen-bond donors (Lipinski definition) is 2. The number of nitrogens with one attached hydrogen (secondary N) is 1. The third-order valence-electron chi connectivity index (χ3n) is 2.75. The first-order valence-electron chi connectivity index (χ1n) is 5.88. The van der Waals surface area contributed by atoms with Crippen molar-refractivity contribution in [1.82, 2.24) is 4.98 Å². The lowest BCUT2D eigenvalue weighted by Gasteiger charge is -2.11. The van der Waals surface area contributed by atoms with Gasteiger partial charge in [-0.15, -0.1) is 0 Å². The van der Waals surface area contributed by atoms with Gasteiger partial charge in [0, 0.05) is 11.2 Å². The summed E-state index contributed by atoms with van der Waals surface area (Å²) in [6.45, 7) is 1.56. The van der Waals surface area contributed by atoms with Crippen LogP contribution in [-0.4, -0.2) is 18.5 Å². The molecule has 0 spiro atoms. The molecular formula is C13H12Cl2N2O3S. The van der Waals surface area contributed by atoms with Crippen LogP contribution in [0.15, 0.2) is 35.5 Å². The lowest BCUT2D eigenvalue weighted by atomic mass is 10.2. The maximum atomic E-state index is 12.2. The highest BCUT2D eigenvalue weighted by Gasteiger charge is 2.18. The number of aryl methyl sites for hydroxylation is 1. The largest absolute Gasteiger partial charge is 0.392 e. The molecule has 0 saturated heterocycles. The zero-order chi connectivity index (χ0) is 15.6. The molecule has 0 aliphatic heterocycles. The second-order valence-corrected chi connectivity index (χ2v) is 6.79. The molecule has 0 atom stereocenters. The average Bonchev–Trinajstić information content (AvgIpc) is 2.44. The van der Waals surface area contributed by atoms with Gasteiger partial charge in [0.1, 0.15) is 0 Å². The molecule has 2 rings (SSSR count). The quantitative estimate of drug-likeness (QED) is 0.891. The Labute approximate surface area is 132 Å². The summed E-state index contributed by atoms with van der Waals surface area (Å²) in [6, 6.07) is 5.80. The molecule has 0 fully saturated rings. The summed E-state index contributed by atoms with van der Waals surface area (Å²) in [5, 5.41) is 9.40. The third-order valence-corrected chi connectivity index (χ3v) is 4.75. The van der Waals surface area contributed by atoms with Crippen LogP contribution in [0.1, 0.15) is 11.1 Å². The van der Waals surface area contributed by atoms with Crippen LogP contribution in [0, 0.1) is 6.92 Å². The molecule has 1 aromatic carbocycles. The predicted molar refractivity (Wildman–Crippen MR) is 82.2 cm³/mol. The molecule has 0 aliphatic carbocycles. The van der Waals surface area contributed by atoms with Gasteiger partial charge in [-0.3, -0.25) is 4.72 Å². The van der Waals surface area contributed by atoms with Gasteiger partial charge >= 0.3 is 0 Å². The fraction of sp³-hybridized carbons (Fsp3) is 0.154. The van der Waals surface area contributed by atoms with E-state index in [0.29, 0.717) is 10.6 Å². The summed E-state index contributed by atoms with van der Waals surface area (Å²) in [6.07, 6.45) is 1.29. The molecule has 21 heavy (non-hydrogen) atoms. The Balaban J connectivity index is 2.34. The molecule has 0 bridgehead atoms. The third kappa shape index (κ3) is 3.65. The van der Waals surface area contributed by atoms with Crippen molar-refractivity contribution in [2.24, 2.45) is 0 Å². The van der Waals surface area contributed by atoms with Crippen molar-refractivity contribution in [3.63, 3.8) is 0 Å². The van der Waals surface area contributed by atoms with Crippen LogP contribution >= 0.6 is 23.2 Å². The van der Waals surface area contributed by atoms with E-state index in [2.05, 4.69) is 9.71 Å². The fourth-order valence-electron chi connectivity index (χ4n) is 1.58. The second kappa shape index (κ2) is 6.19.